The highest BCUT2D eigenvalue weighted by Crippen LogP contribution is 2.31. The Balaban J connectivity index is 1.94. The molecule has 3 rings (SSSR count). The summed E-state index contributed by atoms with van der Waals surface area (Å²) in [6.07, 6.45) is 1.96. The van der Waals surface area contributed by atoms with E-state index >= 15 is 0 Å². The summed E-state index contributed by atoms with van der Waals surface area (Å²) in [5, 5.41) is 0.957. The molecular weight excluding hydrogens is 250 g/mol. The van der Waals surface area contributed by atoms with E-state index in [0.717, 1.165) is 36.3 Å². The molecule has 1 fully saturated rings. The molecule has 0 saturated carbocycles. The quantitative estimate of drug-likeness (QED) is 0.900. The molecule has 5 nitrogen and oxygen atoms in total. The van der Waals surface area contributed by atoms with E-state index in [-0.39, 0.29) is 12.1 Å². The molecular formula is C12H15N3O2S. The largest absolute Gasteiger partial charge is 0.474 e. The molecule has 0 aliphatic carbocycles. The normalized spacial score (nSPS) is 17.2. The maximum atomic E-state index is 5.96. The number of hydrogen-bond acceptors (Lipinski definition) is 6. The van der Waals surface area contributed by atoms with Crippen LogP contribution in [0.3, 0.4) is 0 Å². The summed E-state index contributed by atoms with van der Waals surface area (Å²) in [5.74, 6) is 0.875. The number of hydrogen-bond donors (Lipinski definition) is 1. The lowest BCUT2D eigenvalue weighted by Gasteiger charge is -2.22. The first-order chi connectivity index (χ1) is 8.72. The molecule has 1 aliphatic heterocycles. The lowest BCUT2D eigenvalue weighted by molar-refractivity contribution is 0.0244. The van der Waals surface area contributed by atoms with Crippen molar-refractivity contribution in [2.75, 3.05) is 18.9 Å². The molecule has 0 aromatic carbocycles. The third kappa shape index (κ3) is 2.26. The van der Waals surface area contributed by atoms with E-state index in [1.54, 1.807) is 11.3 Å². The van der Waals surface area contributed by atoms with Crippen LogP contribution in [0.4, 0.5) is 5.95 Å². The Morgan fingerprint density at radius 3 is 2.94 bits per heavy atom. The van der Waals surface area contributed by atoms with Gasteiger partial charge in [-0.15, -0.1) is 11.3 Å². The summed E-state index contributed by atoms with van der Waals surface area (Å²) in [6, 6.07) is 2.05. The maximum Gasteiger partial charge on any atom is 0.227 e. The van der Waals surface area contributed by atoms with E-state index in [2.05, 4.69) is 9.97 Å². The molecule has 3 heterocycles. The molecule has 6 heteroatoms. The van der Waals surface area contributed by atoms with Gasteiger partial charge in [0, 0.05) is 17.7 Å². The van der Waals surface area contributed by atoms with E-state index in [1.807, 2.05) is 13.0 Å². The standard InChI is InChI=1S/C12H15N3O2S/c1-7-6-9-10(14-12(13)15-11(9)18-7)17-8-2-4-16-5-3-8/h6,8H,2-5H2,1H3,(H2,13,14,15). The van der Waals surface area contributed by atoms with E-state index < -0.39 is 0 Å². The fraction of sp³-hybridized carbons (Fsp3) is 0.500. The van der Waals surface area contributed by atoms with Crippen molar-refractivity contribution in [3.8, 4) is 5.88 Å². The Kier molecular flexibility index (Phi) is 3.05. The van der Waals surface area contributed by atoms with Crippen molar-refractivity contribution in [2.24, 2.45) is 0 Å². The fourth-order valence-electron chi connectivity index (χ4n) is 2.07. The van der Waals surface area contributed by atoms with E-state index in [9.17, 15) is 0 Å². The van der Waals surface area contributed by atoms with Gasteiger partial charge in [-0.05, 0) is 13.0 Å². The summed E-state index contributed by atoms with van der Waals surface area (Å²) < 4.78 is 11.3. The minimum Gasteiger partial charge on any atom is -0.474 e. The Morgan fingerprint density at radius 1 is 1.39 bits per heavy atom. The van der Waals surface area contributed by atoms with Gasteiger partial charge in [0.25, 0.3) is 0 Å². The highest BCUT2D eigenvalue weighted by Gasteiger charge is 2.18. The number of rotatable bonds is 2. The number of nitrogens with two attached hydrogens (primary N) is 1. The Bertz CT molecular complexity index is 564. The Labute approximate surface area is 109 Å². The van der Waals surface area contributed by atoms with Crippen LogP contribution in [0.15, 0.2) is 6.07 Å². The van der Waals surface area contributed by atoms with Gasteiger partial charge in [-0.2, -0.15) is 4.98 Å². The molecule has 0 atom stereocenters. The summed E-state index contributed by atoms with van der Waals surface area (Å²) in [6.45, 7) is 3.54. The molecule has 18 heavy (non-hydrogen) atoms. The minimum absolute atomic E-state index is 0.163. The lowest BCUT2D eigenvalue weighted by Crippen LogP contribution is -2.26. The number of fused-ring (bicyclic) bond motifs is 1. The highest BCUT2D eigenvalue weighted by molar-refractivity contribution is 7.18. The van der Waals surface area contributed by atoms with E-state index in [4.69, 9.17) is 15.2 Å². The predicted molar refractivity (Wildman–Crippen MR) is 71.0 cm³/mol. The summed E-state index contributed by atoms with van der Waals surface area (Å²) in [7, 11) is 0. The lowest BCUT2D eigenvalue weighted by atomic mass is 10.1. The van der Waals surface area contributed by atoms with Gasteiger partial charge in [-0.1, -0.05) is 0 Å². The van der Waals surface area contributed by atoms with Crippen LogP contribution in [0.1, 0.15) is 17.7 Å². The van der Waals surface area contributed by atoms with Gasteiger partial charge in [-0.3, -0.25) is 0 Å². The van der Waals surface area contributed by atoms with Crippen molar-refractivity contribution < 1.29 is 9.47 Å². The number of anilines is 1. The average Bonchev–Trinajstić information content (AvgIpc) is 2.71. The summed E-state index contributed by atoms with van der Waals surface area (Å²) in [5.41, 5.74) is 5.72. The van der Waals surface area contributed by atoms with Crippen LogP contribution in [0, 0.1) is 6.92 Å². The highest BCUT2D eigenvalue weighted by atomic mass is 32.1. The maximum absolute atomic E-state index is 5.96. The van der Waals surface area contributed by atoms with Gasteiger partial charge in [0.2, 0.25) is 11.8 Å². The average molecular weight is 265 g/mol. The number of aromatic nitrogens is 2. The zero-order valence-electron chi connectivity index (χ0n) is 10.2. The minimum atomic E-state index is 0.163. The topological polar surface area (TPSA) is 70.3 Å². The second-order valence-corrected chi connectivity index (χ2v) is 5.63. The van der Waals surface area contributed by atoms with Crippen LogP contribution in [-0.2, 0) is 4.74 Å². The number of nitrogens with zero attached hydrogens (tertiary/aromatic N) is 2. The first-order valence-electron chi connectivity index (χ1n) is 6.00. The van der Waals surface area contributed by atoms with E-state index in [1.165, 1.54) is 4.88 Å². The van der Waals surface area contributed by atoms with Crippen molar-refractivity contribution in [1.29, 1.82) is 0 Å². The zero-order chi connectivity index (χ0) is 12.5. The second-order valence-electron chi connectivity index (χ2n) is 4.39. The van der Waals surface area contributed by atoms with E-state index in [0.29, 0.717) is 5.88 Å². The first kappa shape index (κ1) is 11.7. The van der Waals surface area contributed by atoms with Crippen molar-refractivity contribution >= 4 is 27.5 Å². The van der Waals surface area contributed by atoms with Crippen molar-refractivity contribution in [3.63, 3.8) is 0 Å². The molecule has 0 amide bonds. The van der Waals surface area contributed by atoms with Crippen molar-refractivity contribution in [1.82, 2.24) is 9.97 Å². The van der Waals surface area contributed by atoms with Crippen LogP contribution in [0.2, 0.25) is 0 Å². The molecule has 2 aromatic heterocycles. The van der Waals surface area contributed by atoms with Gasteiger partial charge in [0.1, 0.15) is 10.9 Å². The smallest absolute Gasteiger partial charge is 0.227 e. The molecule has 96 valence electrons. The Hall–Kier alpha value is -1.40. The fourth-order valence-corrected chi connectivity index (χ4v) is 2.95. The number of nitrogen functional groups attached to an aromatic ring is 1. The van der Waals surface area contributed by atoms with Gasteiger partial charge in [0.15, 0.2) is 0 Å². The molecule has 2 N–H and O–H groups in total. The monoisotopic (exact) mass is 265 g/mol. The van der Waals surface area contributed by atoms with Gasteiger partial charge in [-0.25, -0.2) is 4.98 Å². The molecule has 0 bridgehead atoms. The number of aryl methyl sites for hydroxylation is 1. The van der Waals surface area contributed by atoms with Gasteiger partial charge >= 0.3 is 0 Å². The second kappa shape index (κ2) is 4.70. The molecule has 0 radical (unpaired) electrons. The summed E-state index contributed by atoms with van der Waals surface area (Å²) >= 11 is 1.61. The number of thiophene rings is 1. The molecule has 2 aromatic rings. The molecule has 1 saturated heterocycles. The van der Waals surface area contributed by atoms with Crippen molar-refractivity contribution in [2.45, 2.75) is 25.9 Å². The van der Waals surface area contributed by atoms with Gasteiger partial charge in [0.05, 0.1) is 18.6 Å². The SMILES string of the molecule is Cc1cc2c(OC3CCOCC3)nc(N)nc2s1. The first-order valence-corrected chi connectivity index (χ1v) is 6.82. The molecule has 0 unspecified atom stereocenters. The third-order valence-corrected chi connectivity index (χ3v) is 3.89. The van der Waals surface area contributed by atoms with Crippen LogP contribution in [0.25, 0.3) is 10.2 Å². The van der Waals surface area contributed by atoms with Crippen molar-refractivity contribution in [3.05, 3.63) is 10.9 Å². The van der Waals surface area contributed by atoms with Gasteiger partial charge < -0.3 is 15.2 Å². The van der Waals surface area contributed by atoms with Crippen LogP contribution < -0.4 is 10.5 Å². The van der Waals surface area contributed by atoms with Crippen LogP contribution >= 0.6 is 11.3 Å². The third-order valence-electron chi connectivity index (χ3n) is 2.94. The zero-order valence-corrected chi connectivity index (χ0v) is 11.0. The van der Waals surface area contributed by atoms with Crippen LogP contribution in [0.5, 0.6) is 5.88 Å². The van der Waals surface area contributed by atoms with Crippen LogP contribution in [-0.4, -0.2) is 29.3 Å². The Morgan fingerprint density at radius 2 is 2.17 bits per heavy atom. The summed E-state index contributed by atoms with van der Waals surface area (Å²) in [4.78, 5) is 10.5. The molecule has 0 spiro atoms. The molecule has 1 aliphatic rings. The number of ether oxygens (including phenoxy) is 2. The predicted octanol–water partition coefficient (Wildman–Crippen LogP) is 2.14.